The molecule has 6 heteroatoms. The topological polar surface area (TPSA) is 59.1 Å². The first-order valence-corrected chi connectivity index (χ1v) is 8.65. The lowest BCUT2D eigenvalue weighted by molar-refractivity contribution is -0.134. The van der Waals surface area contributed by atoms with Gasteiger partial charge in [0.25, 0.3) is 0 Å². The van der Waals surface area contributed by atoms with E-state index in [-0.39, 0.29) is 24.5 Å². The van der Waals surface area contributed by atoms with Crippen LogP contribution in [0.25, 0.3) is 0 Å². The standard InChI is InChI=1S/C17H28N2O4/c1-11-6-13(11)17(21)19-7-14-12(9-23-15(14)8-19)4-5-22-10-16(20)18(2)3/h11-15H,4-10H2,1-3H3/t11-,12+,13-,14+,15+/m1/s1. The highest BCUT2D eigenvalue weighted by Crippen LogP contribution is 2.42. The average molecular weight is 324 g/mol. The number of amides is 2. The molecule has 23 heavy (non-hydrogen) atoms. The summed E-state index contributed by atoms with van der Waals surface area (Å²) in [6.45, 7) is 5.19. The van der Waals surface area contributed by atoms with Gasteiger partial charge in [0.1, 0.15) is 6.61 Å². The van der Waals surface area contributed by atoms with E-state index in [0.717, 1.165) is 32.5 Å². The Hall–Kier alpha value is -1.14. The maximum absolute atomic E-state index is 12.4. The minimum atomic E-state index is -0.0123. The van der Waals surface area contributed by atoms with Crippen molar-refractivity contribution in [3.05, 3.63) is 0 Å². The smallest absolute Gasteiger partial charge is 0.248 e. The second kappa shape index (κ2) is 6.77. The molecule has 2 saturated heterocycles. The lowest BCUT2D eigenvalue weighted by Gasteiger charge is -2.20. The van der Waals surface area contributed by atoms with Gasteiger partial charge in [0.05, 0.1) is 12.7 Å². The van der Waals surface area contributed by atoms with Gasteiger partial charge in [0.15, 0.2) is 0 Å². The van der Waals surface area contributed by atoms with Crippen LogP contribution in [-0.4, -0.2) is 74.7 Å². The molecule has 2 aliphatic heterocycles. The van der Waals surface area contributed by atoms with Gasteiger partial charge in [-0.3, -0.25) is 9.59 Å². The fourth-order valence-corrected chi connectivity index (χ4v) is 3.70. The first-order valence-electron chi connectivity index (χ1n) is 8.65. The van der Waals surface area contributed by atoms with E-state index in [1.54, 1.807) is 14.1 Å². The Bertz CT molecular complexity index is 468. The summed E-state index contributed by atoms with van der Waals surface area (Å²) in [6.07, 6.45) is 2.13. The van der Waals surface area contributed by atoms with Gasteiger partial charge < -0.3 is 19.3 Å². The number of likely N-dealkylation sites (tertiary alicyclic amines) is 1. The SMILES string of the molecule is C[C@@H]1C[C@H]1C(=O)N1C[C@H]2[C@@H](CCOCC(=O)N(C)C)CO[C@H]2C1. The summed E-state index contributed by atoms with van der Waals surface area (Å²) in [5, 5.41) is 0. The number of nitrogens with zero attached hydrogens (tertiary/aromatic N) is 2. The van der Waals surface area contributed by atoms with E-state index >= 15 is 0 Å². The summed E-state index contributed by atoms with van der Waals surface area (Å²) >= 11 is 0. The maximum atomic E-state index is 12.4. The number of likely N-dealkylation sites (N-methyl/N-ethyl adjacent to an activating group) is 1. The van der Waals surface area contributed by atoms with E-state index in [0.29, 0.717) is 30.3 Å². The van der Waals surface area contributed by atoms with Crippen molar-refractivity contribution in [1.29, 1.82) is 0 Å². The summed E-state index contributed by atoms with van der Waals surface area (Å²) in [7, 11) is 3.46. The molecular formula is C17H28N2O4. The molecule has 3 rings (SSSR count). The molecule has 0 bridgehead atoms. The minimum Gasteiger partial charge on any atom is -0.376 e. The van der Waals surface area contributed by atoms with Crippen LogP contribution in [0, 0.1) is 23.7 Å². The summed E-state index contributed by atoms with van der Waals surface area (Å²) in [4.78, 5) is 27.4. The van der Waals surface area contributed by atoms with E-state index in [9.17, 15) is 9.59 Å². The lowest BCUT2D eigenvalue weighted by atomic mass is 9.91. The van der Waals surface area contributed by atoms with Crippen LogP contribution in [0.1, 0.15) is 19.8 Å². The normalized spacial score (nSPS) is 35.3. The molecule has 0 radical (unpaired) electrons. The average Bonchev–Trinajstić information content (AvgIpc) is 2.94. The molecule has 2 heterocycles. The number of carbonyl (C=O) groups excluding carboxylic acids is 2. The summed E-state index contributed by atoms with van der Waals surface area (Å²) in [5.41, 5.74) is 0. The van der Waals surface area contributed by atoms with Crippen LogP contribution < -0.4 is 0 Å². The Balaban J connectivity index is 1.41. The molecule has 0 spiro atoms. The number of ether oxygens (including phenoxy) is 2. The molecule has 0 aromatic heterocycles. The second-order valence-corrected chi connectivity index (χ2v) is 7.49. The number of hydrogen-bond acceptors (Lipinski definition) is 4. The van der Waals surface area contributed by atoms with E-state index in [1.165, 1.54) is 4.90 Å². The predicted octanol–water partition coefficient (Wildman–Crippen LogP) is 0.611. The maximum Gasteiger partial charge on any atom is 0.248 e. The minimum absolute atomic E-state index is 0.0123. The van der Waals surface area contributed by atoms with Gasteiger partial charge in [-0.1, -0.05) is 6.92 Å². The van der Waals surface area contributed by atoms with Gasteiger partial charge in [-0.2, -0.15) is 0 Å². The van der Waals surface area contributed by atoms with Crippen LogP contribution in [0.15, 0.2) is 0 Å². The quantitative estimate of drug-likeness (QED) is 0.672. The van der Waals surface area contributed by atoms with Gasteiger partial charge in [0.2, 0.25) is 11.8 Å². The molecule has 0 N–H and O–H groups in total. The molecule has 6 nitrogen and oxygen atoms in total. The third-order valence-corrected chi connectivity index (χ3v) is 5.53. The van der Waals surface area contributed by atoms with Crippen molar-refractivity contribution < 1.29 is 19.1 Å². The number of rotatable bonds is 6. The van der Waals surface area contributed by atoms with Crippen molar-refractivity contribution >= 4 is 11.8 Å². The molecule has 0 aromatic rings. The Morgan fingerprint density at radius 1 is 1.30 bits per heavy atom. The van der Waals surface area contributed by atoms with Gasteiger partial charge in [0, 0.05) is 45.6 Å². The van der Waals surface area contributed by atoms with E-state index < -0.39 is 0 Å². The van der Waals surface area contributed by atoms with Crippen molar-refractivity contribution in [2.45, 2.75) is 25.9 Å². The van der Waals surface area contributed by atoms with Crippen molar-refractivity contribution in [3.63, 3.8) is 0 Å². The molecule has 0 aromatic carbocycles. The van der Waals surface area contributed by atoms with Crippen molar-refractivity contribution in [2.24, 2.45) is 23.7 Å². The van der Waals surface area contributed by atoms with Crippen molar-refractivity contribution in [2.75, 3.05) is 47.0 Å². The Labute approximate surface area is 138 Å². The summed E-state index contributed by atoms with van der Waals surface area (Å²) in [6, 6.07) is 0. The molecule has 3 fully saturated rings. The van der Waals surface area contributed by atoms with Gasteiger partial charge in [-0.05, 0) is 24.7 Å². The largest absolute Gasteiger partial charge is 0.376 e. The summed E-state index contributed by atoms with van der Waals surface area (Å²) in [5.74, 6) is 1.99. The third-order valence-electron chi connectivity index (χ3n) is 5.53. The van der Waals surface area contributed by atoms with Gasteiger partial charge >= 0.3 is 0 Å². The molecule has 130 valence electrons. The van der Waals surface area contributed by atoms with Crippen LogP contribution in [0.5, 0.6) is 0 Å². The fourth-order valence-electron chi connectivity index (χ4n) is 3.70. The molecule has 0 unspecified atom stereocenters. The van der Waals surface area contributed by atoms with Crippen LogP contribution in [0.3, 0.4) is 0 Å². The monoisotopic (exact) mass is 324 g/mol. The third kappa shape index (κ3) is 3.69. The van der Waals surface area contributed by atoms with Crippen LogP contribution in [0.4, 0.5) is 0 Å². The van der Waals surface area contributed by atoms with Gasteiger partial charge in [-0.25, -0.2) is 0 Å². The molecule has 5 atom stereocenters. The zero-order valence-corrected chi connectivity index (χ0v) is 14.4. The molecule has 3 aliphatic rings. The predicted molar refractivity (Wildman–Crippen MR) is 84.7 cm³/mol. The van der Waals surface area contributed by atoms with E-state index in [2.05, 4.69) is 6.92 Å². The van der Waals surface area contributed by atoms with Crippen LogP contribution in [-0.2, 0) is 19.1 Å². The lowest BCUT2D eigenvalue weighted by Crippen LogP contribution is -2.33. The Morgan fingerprint density at radius 3 is 2.70 bits per heavy atom. The second-order valence-electron chi connectivity index (χ2n) is 7.49. The van der Waals surface area contributed by atoms with Crippen LogP contribution >= 0.6 is 0 Å². The fraction of sp³-hybridized carbons (Fsp3) is 0.882. The zero-order valence-electron chi connectivity index (χ0n) is 14.4. The van der Waals surface area contributed by atoms with E-state index in [4.69, 9.17) is 9.47 Å². The highest BCUT2D eigenvalue weighted by atomic mass is 16.5. The molecule has 1 aliphatic carbocycles. The highest BCUT2D eigenvalue weighted by Gasteiger charge is 2.49. The Morgan fingerprint density at radius 2 is 2.04 bits per heavy atom. The van der Waals surface area contributed by atoms with Crippen molar-refractivity contribution in [1.82, 2.24) is 9.80 Å². The molecule has 1 saturated carbocycles. The molecule has 2 amide bonds. The first kappa shape index (κ1) is 16.7. The highest BCUT2D eigenvalue weighted by molar-refractivity contribution is 5.82. The Kier molecular flexibility index (Phi) is 4.92. The van der Waals surface area contributed by atoms with E-state index in [1.807, 2.05) is 4.90 Å². The summed E-state index contributed by atoms with van der Waals surface area (Å²) < 4.78 is 11.4. The van der Waals surface area contributed by atoms with Gasteiger partial charge in [-0.15, -0.1) is 0 Å². The number of carbonyl (C=O) groups is 2. The van der Waals surface area contributed by atoms with Crippen molar-refractivity contribution in [3.8, 4) is 0 Å². The zero-order chi connectivity index (χ0) is 16.6. The number of hydrogen-bond donors (Lipinski definition) is 0. The molecular weight excluding hydrogens is 296 g/mol. The van der Waals surface area contributed by atoms with Crippen LogP contribution in [0.2, 0.25) is 0 Å². The first-order chi connectivity index (χ1) is 11.0. The number of fused-ring (bicyclic) bond motifs is 1.